The van der Waals surface area contributed by atoms with Crippen LogP contribution in [0.15, 0.2) is 24.3 Å². The predicted octanol–water partition coefficient (Wildman–Crippen LogP) is 3.54. The molecular weight excluding hydrogens is 260 g/mol. The van der Waals surface area contributed by atoms with Crippen molar-refractivity contribution in [1.82, 2.24) is 10.2 Å². The number of hydrogen-bond acceptors (Lipinski definition) is 3. The molecule has 1 N–H and O–H groups in total. The molecule has 120 valence electrons. The van der Waals surface area contributed by atoms with E-state index in [1.165, 1.54) is 5.56 Å². The summed E-state index contributed by atoms with van der Waals surface area (Å²) in [5.41, 5.74) is 1.48. The smallest absolute Gasteiger partial charge is 0.118 e. The molecule has 0 fully saturated rings. The van der Waals surface area contributed by atoms with Crippen LogP contribution in [0.2, 0.25) is 0 Å². The molecule has 0 aliphatic carbocycles. The minimum absolute atomic E-state index is 0.161. The maximum atomic E-state index is 5.21. The van der Waals surface area contributed by atoms with E-state index in [1.54, 1.807) is 7.11 Å². The second-order valence-corrected chi connectivity index (χ2v) is 7.21. The highest BCUT2D eigenvalue weighted by atomic mass is 16.5. The van der Waals surface area contributed by atoms with Crippen LogP contribution in [0.4, 0.5) is 0 Å². The summed E-state index contributed by atoms with van der Waals surface area (Å²) in [6.45, 7) is 13.2. The van der Waals surface area contributed by atoms with Gasteiger partial charge in [0.1, 0.15) is 5.75 Å². The summed E-state index contributed by atoms with van der Waals surface area (Å²) < 4.78 is 5.21. The summed E-state index contributed by atoms with van der Waals surface area (Å²) in [6, 6.07) is 8.86. The van der Waals surface area contributed by atoms with Crippen LogP contribution in [0.5, 0.6) is 5.75 Å². The normalized spacial score (nSPS) is 13.8. The van der Waals surface area contributed by atoms with E-state index in [1.807, 2.05) is 12.1 Å². The number of nitrogens with zero attached hydrogens (tertiary/aromatic N) is 1. The number of nitrogens with one attached hydrogen (secondary N) is 1. The maximum Gasteiger partial charge on any atom is 0.118 e. The van der Waals surface area contributed by atoms with Gasteiger partial charge in [-0.25, -0.2) is 0 Å². The van der Waals surface area contributed by atoms with E-state index in [-0.39, 0.29) is 5.54 Å². The third-order valence-corrected chi connectivity index (χ3v) is 3.77. The monoisotopic (exact) mass is 292 g/mol. The van der Waals surface area contributed by atoms with E-state index in [4.69, 9.17) is 4.74 Å². The zero-order chi connectivity index (χ0) is 16.0. The standard InChI is InChI=1S/C18H32N2O/c1-14(2)17(12-19-18(3,4)5)20(6)13-15-8-10-16(21-7)11-9-15/h8-11,14,17,19H,12-13H2,1-7H3. The van der Waals surface area contributed by atoms with Crippen molar-refractivity contribution >= 4 is 0 Å². The first-order valence-corrected chi connectivity index (χ1v) is 7.81. The number of methoxy groups -OCH3 is 1. The van der Waals surface area contributed by atoms with Crippen molar-refractivity contribution in [2.75, 3.05) is 20.7 Å². The van der Waals surface area contributed by atoms with E-state index >= 15 is 0 Å². The third-order valence-electron chi connectivity index (χ3n) is 3.77. The lowest BCUT2D eigenvalue weighted by Gasteiger charge is -2.34. The predicted molar refractivity (Wildman–Crippen MR) is 90.8 cm³/mol. The zero-order valence-corrected chi connectivity index (χ0v) is 14.7. The molecule has 3 nitrogen and oxygen atoms in total. The lowest BCUT2D eigenvalue weighted by Crippen LogP contribution is -2.48. The number of rotatable bonds is 7. The van der Waals surface area contributed by atoms with Gasteiger partial charge in [-0.05, 0) is 51.4 Å². The molecule has 1 rings (SSSR count). The molecule has 0 saturated carbocycles. The molecule has 1 unspecified atom stereocenters. The Morgan fingerprint density at radius 3 is 2.14 bits per heavy atom. The molecule has 0 amide bonds. The Labute approximate surface area is 130 Å². The van der Waals surface area contributed by atoms with Crippen LogP contribution < -0.4 is 10.1 Å². The van der Waals surface area contributed by atoms with Crippen molar-refractivity contribution in [1.29, 1.82) is 0 Å². The fraction of sp³-hybridized carbons (Fsp3) is 0.667. The highest BCUT2D eigenvalue weighted by molar-refractivity contribution is 5.27. The van der Waals surface area contributed by atoms with E-state index < -0.39 is 0 Å². The minimum atomic E-state index is 0.161. The molecule has 1 aromatic rings. The Bertz CT molecular complexity index is 406. The van der Waals surface area contributed by atoms with Crippen LogP contribution in [0.3, 0.4) is 0 Å². The molecule has 0 aliphatic heterocycles. The first kappa shape index (κ1) is 18.0. The summed E-state index contributed by atoms with van der Waals surface area (Å²) in [5, 5.41) is 3.63. The van der Waals surface area contributed by atoms with Gasteiger partial charge in [0.2, 0.25) is 0 Å². The van der Waals surface area contributed by atoms with Gasteiger partial charge < -0.3 is 10.1 Å². The lowest BCUT2D eigenvalue weighted by atomic mass is 10.00. The largest absolute Gasteiger partial charge is 0.497 e. The van der Waals surface area contributed by atoms with Crippen LogP contribution in [0, 0.1) is 5.92 Å². The first-order chi connectivity index (χ1) is 9.73. The Balaban J connectivity index is 2.65. The molecule has 0 saturated heterocycles. The van der Waals surface area contributed by atoms with Gasteiger partial charge in [0.05, 0.1) is 7.11 Å². The quantitative estimate of drug-likeness (QED) is 0.832. The Morgan fingerprint density at radius 2 is 1.71 bits per heavy atom. The zero-order valence-electron chi connectivity index (χ0n) is 14.7. The summed E-state index contributed by atoms with van der Waals surface area (Å²) in [6.07, 6.45) is 0. The number of benzene rings is 1. The fourth-order valence-corrected chi connectivity index (χ4v) is 2.45. The SMILES string of the molecule is COc1ccc(CN(C)C(CNC(C)(C)C)C(C)C)cc1. The third kappa shape index (κ3) is 6.49. The number of likely N-dealkylation sites (N-methyl/N-ethyl adjacent to an activating group) is 1. The summed E-state index contributed by atoms with van der Waals surface area (Å²) >= 11 is 0. The average Bonchev–Trinajstić information content (AvgIpc) is 2.38. The highest BCUT2D eigenvalue weighted by Gasteiger charge is 2.21. The molecule has 21 heavy (non-hydrogen) atoms. The maximum absolute atomic E-state index is 5.21. The van der Waals surface area contributed by atoms with Gasteiger partial charge in [-0.3, -0.25) is 4.90 Å². The van der Waals surface area contributed by atoms with Crippen molar-refractivity contribution in [3.05, 3.63) is 29.8 Å². The van der Waals surface area contributed by atoms with Gasteiger partial charge in [0.15, 0.2) is 0 Å². The van der Waals surface area contributed by atoms with Crippen molar-refractivity contribution < 1.29 is 4.74 Å². The van der Waals surface area contributed by atoms with Crippen molar-refractivity contribution in [2.45, 2.75) is 52.7 Å². The molecule has 0 bridgehead atoms. The lowest BCUT2D eigenvalue weighted by molar-refractivity contribution is 0.169. The average molecular weight is 292 g/mol. The molecule has 0 heterocycles. The Hall–Kier alpha value is -1.06. The van der Waals surface area contributed by atoms with Crippen molar-refractivity contribution in [3.63, 3.8) is 0 Å². The van der Waals surface area contributed by atoms with Gasteiger partial charge in [-0.1, -0.05) is 26.0 Å². The van der Waals surface area contributed by atoms with Crippen LogP contribution in [0.25, 0.3) is 0 Å². The van der Waals surface area contributed by atoms with Gasteiger partial charge in [0, 0.05) is 24.7 Å². The minimum Gasteiger partial charge on any atom is -0.497 e. The first-order valence-electron chi connectivity index (χ1n) is 7.81. The van der Waals surface area contributed by atoms with Crippen LogP contribution in [0.1, 0.15) is 40.2 Å². The topological polar surface area (TPSA) is 24.5 Å². The van der Waals surface area contributed by atoms with Crippen LogP contribution in [-0.4, -0.2) is 37.2 Å². The molecule has 1 aromatic carbocycles. The van der Waals surface area contributed by atoms with E-state index in [0.717, 1.165) is 18.8 Å². The highest BCUT2D eigenvalue weighted by Crippen LogP contribution is 2.16. The Morgan fingerprint density at radius 1 is 1.14 bits per heavy atom. The second kappa shape index (κ2) is 7.81. The van der Waals surface area contributed by atoms with Gasteiger partial charge in [-0.2, -0.15) is 0 Å². The van der Waals surface area contributed by atoms with E-state index in [2.05, 4.69) is 64.0 Å². The summed E-state index contributed by atoms with van der Waals surface area (Å²) in [7, 11) is 3.91. The Kier molecular flexibility index (Phi) is 6.69. The molecular formula is C18H32N2O. The molecule has 0 radical (unpaired) electrons. The van der Waals surface area contributed by atoms with Crippen molar-refractivity contribution in [2.24, 2.45) is 5.92 Å². The molecule has 0 aliphatic rings. The van der Waals surface area contributed by atoms with Gasteiger partial charge >= 0.3 is 0 Å². The van der Waals surface area contributed by atoms with Crippen LogP contribution >= 0.6 is 0 Å². The second-order valence-electron chi connectivity index (χ2n) is 7.21. The molecule has 0 spiro atoms. The fourth-order valence-electron chi connectivity index (χ4n) is 2.45. The van der Waals surface area contributed by atoms with Crippen molar-refractivity contribution in [3.8, 4) is 5.75 Å². The summed E-state index contributed by atoms with van der Waals surface area (Å²) in [4.78, 5) is 2.44. The van der Waals surface area contributed by atoms with Gasteiger partial charge in [0.25, 0.3) is 0 Å². The number of hydrogen-bond donors (Lipinski definition) is 1. The van der Waals surface area contributed by atoms with E-state index in [9.17, 15) is 0 Å². The molecule has 0 aromatic heterocycles. The molecule has 3 heteroatoms. The molecule has 1 atom stereocenters. The van der Waals surface area contributed by atoms with Gasteiger partial charge in [-0.15, -0.1) is 0 Å². The summed E-state index contributed by atoms with van der Waals surface area (Å²) in [5.74, 6) is 1.53. The van der Waals surface area contributed by atoms with Crippen LogP contribution in [-0.2, 0) is 6.54 Å². The van der Waals surface area contributed by atoms with E-state index in [0.29, 0.717) is 12.0 Å². The number of ether oxygens (including phenoxy) is 1.